The maximum Gasteiger partial charge on any atom is 0.416 e. The predicted octanol–water partition coefficient (Wildman–Crippen LogP) is 6.25. The first-order valence-electron chi connectivity index (χ1n) is 16.6. The van der Waals surface area contributed by atoms with E-state index in [1.165, 1.54) is 0 Å². The van der Waals surface area contributed by atoms with Gasteiger partial charge in [0.1, 0.15) is 17.8 Å². The largest absolute Gasteiger partial charge is 0.444 e. The van der Waals surface area contributed by atoms with Gasteiger partial charge in [0.25, 0.3) is 5.56 Å². The van der Waals surface area contributed by atoms with Crippen molar-refractivity contribution >= 4 is 40.8 Å². The number of fused-ring (bicyclic) bond motifs is 2. The molecule has 0 unspecified atom stereocenters. The van der Waals surface area contributed by atoms with E-state index in [0.29, 0.717) is 56.2 Å². The Morgan fingerprint density at radius 2 is 1.76 bits per heavy atom. The van der Waals surface area contributed by atoms with Gasteiger partial charge in [-0.25, -0.2) is 4.79 Å². The van der Waals surface area contributed by atoms with E-state index >= 15 is 0 Å². The normalized spacial score (nSPS) is 16.0. The second-order valence-electron chi connectivity index (χ2n) is 14.1. The molecule has 272 valence electrons. The fourth-order valence-electron chi connectivity index (χ4n) is 6.39. The van der Waals surface area contributed by atoms with Gasteiger partial charge in [0.15, 0.2) is 5.82 Å². The Morgan fingerprint density at radius 3 is 2.39 bits per heavy atom. The van der Waals surface area contributed by atoms with Crippen LogP contribution in [-0.2, 0) is 45.6 Å². The summed E-state index contributed by atoms with van der Waals surface area (Å²) < 4.78 is 53.9. The fraction of sp³-hybridized carbons (Fsp3) is 0.457. The molecular weight excluding hydrogens is 691 g/mol. The topological polar surface area (TPSA) is 123 Å². The van der Waals surface area contributed by atoms with E-state index < -0.39 is 40.5 Å². The molecule has 4 aromatic rings. The molecule has 6 rings (SSSR count). The third-order valence-corrected chi connectivity index (χ3v) is 9.19. The van der Waals surface area contributed by atoms with E-state index in [1.807, 2.05) is 43.9 Å². The van der Waals surface area contributed by atoms with Crippen LogP contribution in [0.5, 0.6) is 0 Å². The Hall–Kier alpha value is -4.63. The summed E-state index contributed by atoms with van der Waals surface area (Å²) in [7, 11) is 0. The second kappa shape index (κ2) is 13.2. The van der Waals surface area contributed by atoms with Gasteiger partial charge in [-0.1, -0.05) is 30.7 Å². The molecule has 16 heteroatoms. The number of ether oxygens (including phenoxy) is 2. The van der Waals surface area contributed by atoms with Crippen molar-refractivity contribution in [3.63, 3.8) is 0 Å². The summed E-state index contributed by atoms with van der Waals surface area (Å²) in [5.74, 6) is -0.249. The van der Waals surface area contributed by atoms with E-state index in [4.69, 9.17) is 26.1 Å². The number of piperazine rings is 1. The van der Waals surface area contributed by atoms with Gasteiger partial charge in [-0.15, -0.1) is 5.10 Å². The molecular formula is C35H39ClF3N7O5. The lowest BCUT2D eigenvalue weighted by Crippen LogP contribution is -2.51. The van der Waals surface area contributed by atoms with Crippen LogP contribution < -0.4 is 15.8 Å². The molecule has 1 N–H and O–H groups in total. The van der Waals surface area contributed by atoms with Gasteiger partial charge >= 0.3 is 12.3 Å². The number of nitrogens with one attached hydrogen (secondary N) is 1. The van der Waals surface area contributed by atoms with Crippen molar-refractivity contribution in [3.05, 3.63) is 74.2 Å². The zero-order chi connectivity index (χ0) is 37.0. The first-order valence-corrected chi connectivity index (χ1v) is 16.9. The van der Waals surface area contributed by atoms with Gasteiger partial charge in [0, 0.05) is 31.7 Å². The molecule has 2 aromatic carbocycles. The van der Waals surface area contributed by atoms with E-state index in [2.05, 4.69) is 10.4 Å². The molecule has 0 radical (unpaired) electrons. The number of benzene rings is 2. The van der Waals surface area contributed by atoms with Crippen LogP contribution in [0.25, 0.3) is 17.2 Å². The monoisotopic (exact) mass is 729 g/mol. The van der Waals surface area contributed by atoms with Gasteiger partial charge in [0.05, 0.1) is 34.2 Å². The van der Waals surface area contributed by atoms with Crippen molar-refractivity contribution < 1.29 is 32.2 Å². The molecule has 4 heterocycles. The van der Waals surface area contributed by atoms with E-state index in [-0.39, 0.29) is 28.9 Å². The smallest absolute Gasteiger partial charge is 0.416 e. The maximum atomic E-state index is 14.3. The van der Waals surface area contributed by atoms with E-state index in [1.54, 1.807) is 30.2 Å². The summed E-state index contributed by atoms with van der Waals surface area (Å²) in [5, 5.41) is 6.93. The van der Waals surface area contributed by atoms with Crippen LogP contribution in [0.1, 0.15) is 63.9 Å². The number of rotatable bonds is 6. The van der Waals surface area contributed by atoms with Crippen molar-refractivity contribution in [2.75, 3.05) is 36.4 Å². The van der Waals surface area contributed by atoms with Gasteiger partial charge < -0.3 is 29.2 Å². The van der Waals surface area contributed by atoms with Gasteiger partial charge in [-0.3, -0.25) is 9.59 Å². The van der Waals surface area contributed by atoms with Crippen LogP contribution in [0.15, 0.2) is 41.2 Å². The van der Waals surface area contributed by atoms with Crippen LogP contribution in [0.4, 0.5) is 29.3 Å². The van der Waals surface area contributed by atoms with Gasteiger partial charge in [-0.2, -0.15) is 22.7 Å². The Bertz CT molecular complexity index is 2080. The number of carbonyl (C=O) groups excluding carboxylic acids is 2. The van der Waals surface area contributed by atoms with Crippen molar-refractivity contribution in [1.82, 2.24) is 24.1 Å². The highest BCUT2D eigenvalue weighted by Crippen LogP contribution is 2.38. The molecule has 1 saturated heterocycles. The summed E-state index contributed by atoms with van der Waals surface area (Å²) >= 11 is 6.14. The van der Waals surface area contributed by atoms with E-state index in [0.717, 1.165) is 33.8 Å². The zero-order valence-corrected chi connectivity index (χ0v) is 29.9. The highest BCUT2D eigenvalue weighted by Gasteiger charge is 2.34. The molecule has 0 spiro atoms. The highest BCUT2D eigenvalue weighted by atomic mass is 35.5. The SMILES string of the molecule is CCc1c(N2CCN(C(=O)OC(C)(C)C)CC2)c(=O)n2nc(-c3ccc4c(c3)COC4(C)C)nc2n1CC(=O)Nc1ccc(C(F)(F)F)cc1Cl. The molecule has 2 aliphatic rings. The number of hydrogen-bond donors (Lipinski definition) is 1. The summed E-state index contributed by atoms with van der Waals surface area (Å²) in [4.78, 5) is 48.8. The van der Waals surface area contributed by atoms with Crippen LogP contribution in [-0.4, -0.2) is 67.8 Å². The second-order valence-corrected chi connectivity index (χ2v) is 14.5. The summed E-state index contributed by atoms with van der Waals surface area (Å²) in [6.07, 6.45) is -4.74. The highest BCUT2D eigenvalue weighted by molar-refractivity contribution is 6.33. The zero-order valence-electron chi connectivity index (χ0n) is 29.2. The molecule has 2 aliphatic heterocycles. The summed E-state index contributed by atoms with van der Waals surface area (Å²) in [5.41, 5.74) is 0.934. The minimum absolute atomic E-state index is 0.00583. The predicted molar refractivity (Wildman–Crippen MR) is 185 cm³/mol. The molecule has 12 nitrogen and oxygen atoms in total. The quantitative estimate of drug-likeness (QED) is 0.247. The van der Waals surface area contributed by atoms with Crippen LogP contribution in [0.2, 0.25) is 5.02 Å². The number of nitrogens with zero attached hydrogens (tertiary/aromatic N) is 6. The standard InChI is InChI=1S/C35H39ClF3N7O5/c1-7-26-28(43-12-14-44(15-13-43)32(49)51-33(2,3)4)30(48)46-31(41-29(42-46)20-8-10-23-21(16-20)19-50-34(23,5)6)45(26)18-27(47)40-25-11-9-22(17-24(25)36)35(37,38)39/h8-11,16-17H,7,12-15,18-19H2,1-6H3,(H,40,47). The number of amides is 2. The van der Waals surface area contributed by atoms with Crippen LogP contribution in [0, 0.1) is 0 Å². The third-order valence-electron chi connectivity index (χ3n) is 8.88. The van der Waals surface area contributed by atoms with Crippen LogP contribution in [0.3, 0.4) is 0 Å². The van der Waals surface area contributed by atoms with Crippen molar-refractivity contribution in [2.45, 2.75) is 78.5 Å². The average Bonchev–Trinajstić information content (AvgIpc) is 3.63. The lowest BCUT2D eigenvalue weighted by molar-refractivity contribution is -0.137. The first-order chi connectivity index (χ1) is 23.9. The number of hydrogen-bond acceptors (Lipinski definition) is 8. The minimum atomic E-state index is -4.61. The number of halogens is 4. The van der Waals surface area contributed by atoms with Crippen LogP contribution >= 0.6 is 11.6 Å². The average molecular weight is 730 g/mol. The molecule has 1 fully saturated rings. The third kappa shape index (κ3) is 7.27. The first kappa shape index (κ1) is 36.2. The summed E-state index contributed by atoms with van der Waals surface area (Å²) in [6, 6.07) is 8.40. The van der Waals surface area contributed by atoms with E-state index in [9.17, 15) is 27.6 Å². The maximum absolute atomic E-state index is 14.3. The lowest BCUT2D eigenvalue weighted by Gasteiger charge is -2.37. The van der Waals surface area contributed by atoms with Gasteiger partial charge in [-0.05, 0) is 76.4 Å². The van der Waals surface area contributed by atoms with Crippen molar-refractivity contribution in [1.29, 1.82) is 0 Å². The Labute approximate surface area is 297 Å². The Balaban J connectivity index is 1.39. The number of alkyl halides is 3. The Kier molecular flexibility index (Phi) is 9.34. The summed E-state index contributed by atoms with van der Waals surface area (Å²) in [6.45, 7) is 12.4. The van der Waals surface area contributed by atoms with Gasteiger partial charge in [0.2, 0.25) is 11.7 Å². The number of aromatic nitrogens is 4. The number of carbonyl (C=O) groups is 2. The fourth-order valence-corrected chi connectivity index (χ4v) is 6.62. The number of anilines is 2. The molecule has 0 saturated carbocycles. The van der Waals surface area contributed by atoms with Crippen molar-refractivity contribution in [2.24, 2.45) is 0 Å². The molecule has 2 aromatic heterocycles. The minimum Gasteiger partial charge on any atom is -0.444 e. The molecule has 51 heavy (non-hydrogen) atoms. The lowest BCUT2D eigenvalue weighted by atomic mass is 9.94. The Morgan fingerprint density at radius 1 is 1.06 bits per heavy atom. The molecule has 2 amide bonds. The molecule has 0 bridgehead atoms. The molecule has 0 aliphatic carbocycles. The van der Waals surface area contributed by atoms with Crippen molar-refractivity contribution in [3.8, 4) is 11.4 Å². The molecule has 0 atom stereocenters.